The van der Waals surface area contributed by atoms with E-state index in [1.807, 2.05) is 24.4 Å². The van der Waals surface area contributed by atoms with Gasteiger partial charge in [-0.2, -0.15) is 0 Å². The molecule has 1 aliphatic heterocycles. The van der Waals surface area contributed by atoms with Gasteiger partial charge in [0.05, 0.1) is 0 Å². The lowest BCUT2D eigenvalue weighted by Crippen LogP contribution is -2.55. The van der Waals surface area contributed by atoms with Crippen LogP contribution in [-0.4, -0.2) is 35.8 Å². The molecule has 1 saturated heterocycles. The number of hydrogen-bond acceptors (Lipinski definition) is 3. The summed E-state index contributed by atoms with van der Waals surface area (Å²) in [5.41, 5.74) is 1.16. The van der Waals surface area contributed by atoms with E-state index in [2.05, 4.69) is 5.32 Å². The first kappa shape index (κ1) is 12.8. The van der Waals surface area contributed by atoms with Crippen molar-refractivity contribution in [2.75, 3.05) is 13.1 Å². The number of nitrogens with zero attached hydrogens (tertiary/aromatic N) is 1. The van der Waals surface area contributed by atoms with Crippen molar-refractivity contribution in [2.24, 2.45) is 0 Å². The van der Waals surface area contributed by atoms with Crippen molar-refractivity contribution >= 4 is 29.2 Å². The lowest BCUT2D eigenvalue weighted by Gasteiger charge is -2.31. The highest BCUT2D eigenvalue weighted by molar-refractivity contribution is 7.11. The molecule has 0 bridgehead atoms. The highest BCUT2D eigenvalue weighted by Crippen LogP contribution is 2.17. The molecule has 2 heterocycles. The van der Waals surface area contributed by atoms with E-state index < -0.39 is 0 Å². The Morgan fingerprint density at radius 1 is 1.61 bits per heavy atom. The molecule has 1 unspecified atom stereocenters. The Bertz CT molecular complexity index is 493. The molecule has 0 aromatic carbocycles. The van der Waals surface area contributed by atoms with Gasteiger partial charge in [0.2, 0.25) is 11.8 Å². The van der Waals surface area contributed by atoms with Crippen LogP contribution >= 0.6 is 11.3 Å². The summed E-state index contributed by atoms with van der Waals surface area (Å²) in [6.07, 6.45) is 3.37. The maximum atomic E-state index is 12.0. The van der Waals surface area contributed by atoms with Crippen molar-refractivity contribution in [3.8, 4) is 0 Å². The first-order valence-electron chi connectivity index (χ1n) is 5.90. The molecule has 1 aromatic heterocycles. The third-order valence-corrected chi connectivity index (χ3v) is 4.05. The quantitative estimate of drug-likeness (QED) is 0.821. The van der Waals surface area contributed by atoms with E-state index in [4.69, 9.17) is 0 Å². The molecule has 0 radical (unpaired) electrons. The third kappa shape index (κ3) is 2.61. The van der Waals surface area contributed by atoms with Crippen LogP contribution in [0.3, 0.4) is 0 Å². The predicted octanol–water partition coefficient (Wildman–Crippen LogP) is 1.42. The largest absolute Gasteiger partial charge is 0.353 e. The lowest BCUT2D eigenvalue weighted by molar-refractivity contribution is -0.139. The number of hydrogen-bond donors (Lipinski definition) is 1. The minimum absolute atomic E-state index is 0.0877. The molecule has 2 amide bonds. The molecule has 1 fully saturated rings. The van der Waals surface area contributed by atoms with E-state index in [1.165, 1.54) is 0 Å². The number of carbonyl (C=O) groups is 2. The fraction of sp³-hybridized carbons (Fsp3) is 0.385. The minimum atomic E-state index is -0.389. The molecule has 0 spiro atoms. The fourth-order valence-electron chi connectivity index (χ4n) is 1.88. The molecule has 2 rings (SSSR count). The first-order chi connectivity index (χ1) is 8.59. The molecule has 1 N–H and O–H groups in total. The number of piperazine rings is 1. The Kier molecular flexibility index (Phi) is 3.81. The minimum Gasteiger partial charge on any atom is -0.353 e. The molecular weight excluding hydrogens is 248 g/mol. The molecule has 1 aromatic rings. The van der Waals surface area contributed by atoms with E-state index in [1.54, 1.807) is 29.2 Å². The van der Waals surface area contributed by atoms with Crippen LogP contribution in [0.5, 0.6) is 0 Å². The Morgan fingerprint density at radius 2 is 2.39 bits per heavy atom. The van der Waals surface area contributed by atoms with Gasteiger partial charge in [-0.3, -0.25) is 9.59 Å². The number of nitrogens with one attached hydrogen (secondary N) is 1. The summed E-state index contributed by atoms with van der Waals surface area (Å²) in [6, 6.07) is 1.63. The van der Waals surface area contributed by atoms with Gasteiger partial charge >= 0.3 is 0 Å². The molecule has 0 aliphatic carbocycles. The van der Waals surface area contributed by atoms with Crippen molar-refractivity contribution in [2.45, 2.75) is 19.9 Å². The third-order valence-electron chi connectivity index (χ3n) is 3.06. The summed E-state index contributed by atoms with van der Waals surface area (Å²) in [7, 11) is 0. The van der Waals surface area contributed by atoms with E-state index in [0.717, 1.165) is 10.4 Å². The van der Waals surface area contributed by atoms with Gasteiger partial charge in [-0.15, -0.1) is 11.3 Å². The zero-order valence-corrected chi connectivity index (χ0v) is 11.3. The zero-order valence-electron chi connectivity index (χ0n) is 10.5. The van der Waals surface area contributed by atoms with Gasteiger partial charge in [0, 0.05) is 24.0 Å². The van der Waals surface area contributed by atoms with E-state index >= 15 is 0 Å². The summed E-state index contributed by atoms with van der Waals surface area (Å²) < 4.78 is 0. The van der Waals surface area contributed by atoms with E-state index in [0.29, 0.717) is 13.1 Å². The van der Waals surface area contributed by atoms with Gasteiger partial charge < -0.3 is 10.2 Å². The summed E-state index contributed by atoms with van der Waals surface area (Å²) in [5, 5.41) is 4.74. The Balaban J connectivity index is 2.06. The Morgan fingerprint density at radius 3 is 3.06 bits per heavy atom. The van der Waals surface area contributed by atoms with Crippen LogP contribution in [0.2, 0.25) is 0 Å². The zero-order chi connectivity index (χ0) is 13.1. The molecule has 18 heavy (non-hydrogen) atoms. The van der Waals surface area contributed by atoms with Gasteiger partial charge in [-0.1, -0.05) is 0 Å². The second kappa shape index (κ2) is 5.35. The summed E-state index contributed by atoms with van der Waals surface area (Å²) in [4.78, 5) is 26.2. The number of carbonyl (C=O) groups excluding carboxylic acids is 2. The molecule has 1 aliphatic rings. The van der Waals surface area contributed by atoms with Crippen LogP contribution in [0.15, 0.2) is 17.5 Å². The smallest absolute Gasteiger partial charge is 0.247 e. The first-order valence-corrected chi connectivity index (χ1v) is 6.78. The second-order valence-electron chi connectivity index (χ2n) is 4.30. The maximum Gasteiger partial charge on any atom is 0.247 e. The van der Waals surface area contributed by atoms with Crippen molar-refractivity contribution in [1.82, 2.24) is 10.2 Å². The molecule has 0 saturated carbocycles. The monoisotopic (exact) mass is 264 g/mol. The number of amides is 2. The summed E-state index contributed by atoms with van der Waals surface area (Å²) >= 11 is 1.60. The van der Waals surface area contributed by atoms with E-state index in [-0.39, 0.29) is 17.9 Å². The van der Waals surface area contributed by atoms with Gasteiger partial charge in [-0.05, 0) is 36.9 Å². The number of rotatable bonds is 2. The average molecular weight is 264 g/mol. The fourth-order valence-corrected chi connectivity index (χ4v) is 2.70. The summed E-state index contributed by atoms with van der Waals surface area (Å²) in [5.74, 6) is -0.194. The standard InChI is InChI=1S/C13H16N2O2S/c1-9-5-8-18-11(9)3-4-12(16)15-7-6-14-13(17)10(15)2/h3-5,8,10H,6-7H2,1-2H3,(H,14,17). The van der Waals surface area contributed by atoms with Crippen molar-refractivity contribution < 1.29 is 9.59 Å². The highest BCUT2D eigenvalue weighted by Gasteiger charge is 2.27. The van der Waals surface area contributed by atoms with Crippen LogP contribution in [0.1, 0.15) is 17.4 Å². The summed E-state index contributed by atoms with van der Waals surface area (Å²) in [6.45, 7) is 4.86. The number of aryl methyl sites for hydroxylation is 1. The van der Waals surface area contributed by atoms with E-state index in [9.17, 15) is 9.59 Å². The van der Waals surface area contributed by atoms with Crippen molar-refractivity contribution in [3.63, 3.8) is 0 Å². The van der Waals surface area contributed by atoms with Crippen LogP contribution in [0, 0.1) is 6.92 Å². The molecule has 5 heteroatoms. The van der Waals surface area contributed by atoms with Crippen LogP contribution in [0.4, 0.5) is 0 Å². The molecular formula is C13H16N2O2S. The lowest BCUT2D eigenvalue weighted by atomic mass is 10.2. The maximum absolute atomic E-state index is 12.0. The predicted molar refractivity (Wildman–Crippen MR) is 72.3 cm³/mol. The van der Waals surface area contributed by atoms with Crippen molar-refractivity contribution in [1.29, 1.82) is 0 Å². The van der Waals surface area contributed by atoms with Gasteiger partial charge in [0.15, 0.2) is 0 Å². The topological polar surface area (TPSA) is 49.4 Å². The molecule has 1 atom stereocenters. The Hall–Kier alpha value is -1.62. The van der Waals surface area contributed by atoms with Crippen molar-refractivity contribution in [3.05, 3.63) is 28.0 Å². The second-order valence-corrected chi connectivity index (χ2v) is 5.25. The Labute approximate surface area is 110 Å². The van der Waals surface area contributed by atoms with Crippen LogP contribution in [-0.2, 0) is 9.59 Å². The van der Waals surface area contributed by atoms with Gasteiger partial charge in [0.1, 0.15) is 6.04 Å². The van der Waals surface area contributed by atoms with Gasteiger partial charge in [0.25, 0.3) is 0 Å². The normalized spacial score (nSPS) is 20.2. The molecule has 96 valence electrons. The SMILES string of the molecule is Cc1ccsc1C=CC(=O)N1CCNC(=O)C1C. The van der Waals surface area contributed by atoms with Crippen LogP contribution < -0.4 is 5.32 Å². The average Bonchev–Trinajstić information content (AvgIpc) is 2.75. The number of thiophene rings is 1. The van der Waals surface area contributed by atoms with Gasteiger partial charge in [-0.25, -0.2) is 0 Å². The highest BCUT2D eigenvalue weighted by atomic mass is 32.1. The molecule has 4 nitrogen and oxygen atoms in total. The van der Waals surface area contributed by atoms with Crippen LogP contribution in [0.25, 0.3) is 6.08 Å².